The predicted molar refractivity (Wildman–Crippen MR) is 100 cm³/mol. The van der Waals surface area contributed by atoms with E-state index in [0.29, 0.717) is 5.56 Å². The minimum absolute atomic E-state index is 0.156. The number of anilines is 3. The summed E-state index contributed by atoms with van der Waals surface area (Å²) in [7, 11) is 0. The van der Waals surface area contributed by atoms with Crippen LogP contribution in [0, 0.1) is 0 Å². The Bertz CT molecular complexity index is 820. The van der Waals surface area contributed by atoms with E-state index in [-0.39, 0.29) is 5.91 Å². The summed E-state index contributed by atoms with van der Waals surface area (Å²) in [6.45, 7) is 0. The number of hydrogen-bond donors (Lipinski definition) is 2. The van der Waals surface area contributed by atoms with Crippen LogP contribution in [0.2, 0.25) is 0 Å². The van der Waals surface area contributed by atoms with Gasteiger partial charge in [-0.2, -0.15) is 0 Å². The van der Waals surface area contributed by atoms with Crippen LogP contribution in [0.25, 0.3) is 0 Å². The van der Waals surface area contributed by atoms with Crippen molar-refractivity contribution in [3.63, 3.8) is 0 Å². The van der Waals surface area contributed by atoms with Crippen LogP contribution in [-0.4, -0.2) is 17.1 Å². The van der Waals surface area contributed by atoms with Gasteiger partial charge >= 0.3 is 0 Å². The van der Waals surface area contributed by atoms with Crippen molar-refractivity contribution in [3.05, 3.63) is 78.5 Å². The number of hydrogen-bond acceptors (Lipinski definition) is 4. The number of thioether (sulfide) groups is 1. The van der Waals surface area contributed by atoms with E-state index in [9.17, 15) is 4.79 Å². The molecule has 24 heavy (non-hydrogen) atoms. The number of nitrogens with zero attached hydrogens (tertiary/aromatic N) is 1. The number of carbonyl (C=O) groups is 1. The van der Waals surface area contributed by atoms with E-state index in [1.54, 1.807) is 18.3 Å². The molecule has 1 heterocycles. The summed E-state index contributed by atoms with van der Waals surface area (Å²) >= 11 is 1.46. The van der Waals surface area contributed by atoms with Crippen LogP contribution in [0.15, 0.2) is 78.0 Å². The molecule has 0 atom stereocenters. The normalized spacial score (nSPS) is 10.2. The second-order valence-electron chi connectivity index (χ2n) is 5.08. The van der Waals surface area contributed by atoms with Gasteiger partial charge in [0.2, 0.25) is 0 Å². The minimum atomic E-state index is -0.156. The average Bonchev–Trinajstić information content (AvgIpc) is 2.64. The zero-order chi connectivity index (χ0) is 16.8. The summed E-state index contributed by atoms with van der Waals surface area (Å²) in [5.41, 5.74) is 3.31. The van der Waals surface area contributed by atoms with Crippen LogP contribution in [0.5, 0.6) is 0 Å². The Kier molecular flexibility index (Phi) is 5.13. The number of benzene rings is 2. The second-order valence-corrected chi connectivity index (χ2v) is 5.88. The fourth-order valence-electron chi connectivity index (χ4n) is 2.25. The van der Waals surface area contributed by atoms with Crippen molar-refractivity contribution >= 4 is 34.7 Å². The van der Waals surface area contributed by atoms with Gasteiger partial charge in [0.25, 0.3) is 5.91 Å². The lowest BCUT2D eigenvalue weighted by atomic mass is 10.2. The van der Waals surface area contributed by atoms with Crippen molar-refractivity contribution in [2.75, 3.05) is 16.9 Å². The number of nitrogens with one attached hydrogen (secondary N) is 2. The highest BCUT2D eigenvalue weighted by Crippen LogP contribution is 2.21. The second kappa shape index (κ2) is 7.66. The third-order valence-electron chi connectivity index (χ3n) is 3.41. The summed E-state index contributed by atoms with van der Waals surface area (Å²) in [6.07, 6.45) is 3.59. The van der Waals surface area contributed by atoms with E-state index in [2.05, 4.69) is 15.6 Å². The van der Waals surface area contributed by atoms with Crippen molar-refractivity contribution < 1.29 is 4.79 Å². The van der Waals surface area contributed by atoms with Crippen LogP contribution in [0.4, 0.5) is 17.1 Å². The SMILES string of the molecule is CSc1ncccc1C(=O)Nc1ccc(Nc2ccccc2)cc1. The molecule has 1 aromatic heterocycles. The van der Waals surface area contributed by atoms with Crippen molar-refractivity contribution in [2.45, 2.75) is 5.03 Å². The molecule has 0 aliphatic heterocycles. The van der Waals surface area contributed by atoms with Gasteiger partial charge in [-0.25, -0.2) is 4.98 Å². The number of pyridine rings is 1. The third-order valence-corrected chi connectivity index (χ3v) is 4.13. The standard InChI is InChI=1S/C19H17N3OS/c1-24-19-17(8-5-13-20-19)18(23)22-16-11-9-15(10-12-16)21-14-6-3-2-4-7-14/h2-13,21H,1H3,(H,22,23). The molecule has 120 valence electrons. The highest BCUT2D eigenvalue weighted by atomic mass is 32.2. The molecule has 2 aromatic carbocycles. The Morgan fingerprint density at radius 1 is 0.875 bits per heavy atom. The quantitative estimate of drug-likeness (QED) is 0.658. The van der Waals surface area contributed by atoms with Crippen LogP contribution in [0.3, 0.4) is 0 Å². The lowest BCUT2D eigenvalue weighted by Gasteiger charge is -2.10. The first-order valence-corrected chi connectivity index (χ1v) is 8.71. The van der Waals surface area contributed by atoms with Gasteiger partial charge in [0, 0.05) is 23.3 Å². The molecule has 1 amide bonds. The van der Waals surface area contributed by atoms with Gasteiger partial charge in [0.05, 0.1) is 5.56 Å². The number of para-hydroxylation sites is 1. The molecule has 0 fully saturated rings. The summed E-state index contributed by atoms with van der Waals surface area (Å²) < 4.78 is 0. The Labute approximate surface area is 145 Å². The van der Waals surface area contributed by atoms with E-state index < -0.39 is 0 Å². The Morgan fingerprint density at radius 3 is 2.25 bits per heavy atom. The first kappa shape index (κ1) is 16.1. The van der Waals surface area contributed by atoms with E-state index in [0.717, 1.165) is 22.1 Å². The maximum absolute atomic E-state index is 12.4. The van der Waals surface area contributed by atoms with E-state index in [1.165, 1.54) is 11.8 Å². The monoisotopic (exact) mass is 335 g/mol. The largest absolute Gasteiger partial charge is 0.356 e. The molecule has 4 nitrogen and oxygen atoms in total. The Hall–Kier alpha value is -2.79. The van der Waals surface area contributed by atoms with E-state index in [1.807, 2.05) is 60.9 Å². The fraction of sp³-hybridized carbons (Fsp3) is 0.0526. The number of rotatable bonds is 5. The summed E-state index contributed by atoms with van der Waals surface area (Å²) in [5, 5.41) is 6.93. The first-order valence-electron chi connectivity index (χ1n) is 7.49. The zero-order valence-corrected chi connectivity index (χ0v) is 14.0. The summed E-state index contributed by atoms with van der Waals surface area (Å²) in [6, 6.07) is 21.1. The van der Waals surface area contributed by atoms with Gasteiger partial charge in [-0.05, 0) is 54.8 Å². The molecule has 0 saturated heterocycles. The average molecular weight is 335 g/mol. The van der Waals surface area contributed by atoms with Crippen LogP contribution < -0.4 is 10.6 Å². The van der Waals surface area contributed by atoms with E-state index >= 15 is 0 Å². The van der Waals surface area contributed by atoms with Gasteiger partial charge in [-0.3, -0.25) is 4.79 Å². The summed E-state index contributed by atoms with van der Waals surface area (Å²) in [5.74, 6) is -0.156. The van der Waals surface area contributed by atoms with Gasteiger partial charge in [-0.1, -0.05) is 18.2 Å². The smallest absolute Gasteiger partial charge is 0.258 e. The molecule has 3 rings (SSSR count). The highest BCUT2D eigenvalue weighted by Gasteiger charge is 2.11. The van der Waals surface area contributed by atoms with Crippen molar-refractivity contribution in [3.8, 4) is 0 Å². The van der Waals surface area contributed by atoms with Crippen LogP contribution in [0.1, 0.15) is 10.4 Å². The van der Waals surface area contributed by atoms with Crippen LogP contribution >= 0.6 is 11.8 Å². The molecular weight excluding hydrogens is 318 g/mol. The molecule has 0 bridgehead atoms. The maximum Gasteiger partial charge on any atom is 0.258 e. The topological polar surface area (TPSA) is 54.0 Å². The van der Waals surface area contributed by atoms with Crippen molar-refractivity contribution in [1.82, 2.24) is 4.98 Å². The molecule has 0 spiro atoms. The number of aromatic nitrogens is 1. The van der Waals surface area contributed by atoms with Crippen molar-refractivity contribution in [2.24, 2.45) is 0 Å². The zero-order valence-electron chi connectivity index (χ0n) is 13.2. The Balaban J connectivity index is 1.69. The first-order chi connectivity index (χ1) is 11.8. The van der Waals surface area contributed by atoms with Crippen LogP contribution in [-0.2, 0) is 0 Å². The molecule has 0 unspecified atom stereocenters. The Morgan fingerprint density at radius 2 is 1.54 bits per heavy atom. The van der Waals surface area contributed by atoms with Gasteiger partial charge < -0.3 is 10.6 Å². The van der Waals surface area contributed by atoms with Gasteiger partial charge in [0.15, 0.2) is 0 Å². The maximum atomic E-state index is 12.4. The lowest BCUT2D eigenvalue weighted by molar-refractivity contribution is 0.102. The summed E-state index contributed by atoms with van der Waals surface area (Å²) in [4.78, 5) is 16.6. The third kappa shape index (κ3) is 3.94. The molecule has 3 aromatic rings. The number of amides is 1. The molecule has 0 aliphatic rings. The van der Waals surface area contributed by atoms with Crippen molar-refractivity contribution in [1.29, 1.82) is 0 Å². The molecule has 2 N–H and O–H groups in total. The molecular formula is C19H17N3OS. The predicted octanol–water partition coefficient (Wildman–Crippen LogP) is 4.80. The fourth-order valence-corrected chi connectivity index (χ4v) is 2.80. The molecule has 0 radical (unpaired) electrons. The molecule has 0 saturated carbocycles. The lowest BCUT2D eigenvalue weighted by Crippen LogP contribution is -2.13. The molecule has 5 heteroatoms. The van der Waals surface area contributed by atoms with E-state index in [4.69, 9.17) is 0 Å². The minimum Gasteiger partial charge on any atom is -0.356 e. The number of carbonyl (C=O) groups excluding carboxylic acids is 1. The highest BCUT2D eigenvalue weighted by molar-refractivity contribution is 7.98. The molecule has 0 aliphatic carbocycles. The van der Waals surface area contributed by atoms with Gasteiger partial charge in [-0.15, -0.1) is 11.8 Å². The van der Waals surface area contributed by atoms with Gasteiger partial charge in [0.1, 0.15) is 5.03 Å².